The van der Waals surface area contributed by atoms with E-state index in [1.54, 1.807) is 6.92 Å². The zero-order valence-electron chi connectivity index (χ0n) is 17.0. The van der Waals surface area contributed by atoms with E-state index in [-0.39, 0.29) is 23.9 Å². The highest BCUT2D eigenvalue weighted by Crippen LogP contribution is 2.32. The number of hydrogen-bond acceptors (Lipinski definition) is 2. The second-order valence-corrected chi connectivity index (χ2v) is 8.65. The summed E-state index contributed by atoms with van der Waals surface area (Å²) in [6.45, 7) is 12.7. The van der Waals surface area contributed by atoms with Crippen molar-refractivity contribution in [2.75, 3.05) is 0 Å². The third-order valence-electron chi connectivity index (χ3n) is 5.50. The first kappa shape index (κ1) is 19.2. The summed E-state index contributed by atoms with van der Waals surface area (Å²) in [5, 5.41) is 2.88. The second kappa shape index (κ2) is 6.52. The van der Waals surface area contributed by atoms with Crippen LogP contribution in [0.4, 0.5) is 4.79 Å². The van der Waals surface area contributed by atoms with Crippen molar-refractivity contribution in [1.29, 1.82) is 0 Å². The van der Waals surface area contributed by atoms with Crippen LogP contribution in [0.1, 0.15) is 55.5 Å². The summed E-state index contributed by atoms with van der Waals surface area (Å²) < 4.78 is 0. The molecule has 1 N–H and O–H groups in total. The minimum Gasteiger partial charge on any atom is -0.319 e. The SMILES string of the molecule is Cc1cc(C(C)(C)C)cc(C)c1CN1C(=O)N[C@@](C)(c2ccccc2)C1=O. The van der Waals surface area contributed by atoms with Gasteiger partial charge in [0.2, 0.25) is 0 Å². The van der Waals surface area contributed by atoms with Gasteiger partial charge in [0, 0.05) is 0 Å². The molecule has 1 aliphatic rings. The Balaban J connectivity index is 1.93. The molecule has 1 heterocycles. The van der Waals surface area contributed by atoms with Gasteiger partial charge in [0.25, 0.3) is 5.91 Å². The minimum atomic E-state index is -1.02. The van der Waals surface area contributed by atoms with Crippen LogP contribution in [0.25, 0.3) is 0 Å². The van der Waals surface area contributed by atoms with Crippen LogP contribution >= 0.6 is 0 Å². The molecule has 4 nitrogen and oxygen atoms in total. The lowest BCUT2D eigenvalue weighted by Crippen LogP contribution is -2.40. The van der Waals surface area contributed by atoms with Gasteiger partial charge in [-0.2, -0.15) is 0 Å². The number of amides is 3. The molecule has 3 rings (SSSR count). The van der Waals surface area contributed by atoms with Crippen LogP contribution < -0.4 is 5.32 Å². The molecule has 0 bridgehead atoms. The van der Waals surface area contributed by atoms with E-state index in [0.29, 0.717) is 0 Å². The van der Waals surface area contributed by atoms with Gasteiger partial charge >= 0.3 is 6.03 Å². The predicted octanol–water partition coefficient (Wildman–Crippen LogP) is 4.57. The van der Waals surface area contributed by atoms with Crippen LogP contribution in [0.5, 0.6) is 0 Å². The standard InChI is InChI=1S/C23H28N2O2/c1-15-12-18(22(3,4)5)13-16(2)19(15)14-25-20(26)23(6,24-21(25)27)17-10-8-7-9-11-17/h7-13H,14H2,1-6H3,(H,24,27)/t23-/m0/s1. The van der Waals surface area contributed by atoms with E-state index >= 15 is 0 Å². The number of aryl methyl sites for hydroxylation is 2. The first-order valence-electron chi connectivity index (χ1n) is 9.34. The molecule has 0 saturated carbocycles. The van der Waals surface area contributed by atoms with E-state index < -0.39 is 5.54 Å². The first-order valence-corrected chi connectivity index (χ1v) is 9.34. The summed E-state index contributed by atoms with van der Waals surface area (Å²) in [6, 6.07) is 13.4. The van der Waals surface area contributed by atoms with Crippen molar-refractivity contribution < 1.29 is 9.59 Å². The van der Waals surface area contributed by atoms with Crippen molar-refractivity contribution in [2.24, 2.45) is 0 Å². The van der Waals surface area contributed by atoms with Gasteiger partial charge in [-0.1, -0.05) is 63.2 Å². The van der Waals surface area contributed by atoms with Gasteiger partial charge in [0.15, 0.2) is 0 Å². The van der Waals surface area contributed by atoms with Crippen LogP contribution in [-0.4, -0.2) is 16.8 Å². The maximum Gasteiger partial charge on any atom is 0.325 e. The third kappa shape index (κ3) is 3.36. The smallest absolute Gasteiger partial charge is 0.319 e. The number of nitrogens with one attached hydrogen (secondary N) is 1. The fourth-order valence-electron chi connectivity index (χ4n) is 3.64. The van der Waals surface area contributed by atoms with Crippen LogP contribution in [0.3, 0.4) is 0 Å². The van der Waals surface area contributed by atoms with Crippen LogP contribution in [-0.2, 0) is 22.3 Å². The predicted molar refractivity (Wildman–Crippen MR) is 107 cm³/mol. The Hall–Kier alpha value is -2.62. The molecule has 0 radical (unpaired) electrons. The van der Waals surface area contributed by atoms with Gasteiger partial charge < -0.3 is 5.32 Å². The molecule has 1 fully saturated rings. The van der Waals surface area contributed by atoms with Gasteiger partial charge in [-0.05, 0) is 54.0 Å². The van der Waals surface area contributed by atoms with Gasteiger partial charge in [-0.3, -0.25) is 9.69 Å². The van der Waals surface area contributed by atoms with Crippen molar-refractivity contribution in [1.82, 2.24) is 10.2 Å². The Kier molecular flexibility index (Phi) is 4.62. The molecule has 142 valence electrons. The Morgan fingerprint density at radius 3 is 2.07 bits per heavy atom. The lowest BCUT2D eigenvalue weighted by atomic mass is 9.83. The van der Waals surface area contributed by atoms with Crippen LogP contribution in [0.2, 0.25) is 0 Å². The van der Waals surface area contributed by atoms with Crippen molar-refractivity contribution >= 4 is 11.9 Å². The average Bonchev–Trinajstić information content (AvgIpc) is 2.81. The summed E-state index contributed by atoms with van der Waals surface area (Å²) in [5.41, 5.74) is 4.33. The largest absolute Gasteiger partial charge is 0.325 e. The van der Waals surface area contributed by atoms with E-state index in [0.717, 1.165) is 22.3 Å². The molecule has 2 aromatic carbocycles. The second-order valence-electron chi connectivity index (χ2n) is 8.65. The number of carbonyl (C=O) groups is 2. The van der Waals surface area contributed by atoms with E-state index in [9.17, 15) is 9.59 Å². The van der Waals surface area contributed by atoms with E-state index in [1.807, 2.05) is 44.2 Å². The molecule has 0 unspecified atom stereocenters. The molecule has 27 heavy (non-hydrogen) atoms. The molecular weight excluding hydrogens is 336 g/mol. The lowest BCUT2D eigenvalue weighted by Gasteiger charge is -2.24. The summed E-state index contributed by atoms with van der Waals surface area (Å²) in [7, 11) is 0. The first-order chi connectivity index (χ1) is 12.5. The number of imide groups is 1. The Labute approximate surface area is 161 Å². The minimum absolute atomic E-state index is 0.0563. The van der Waals surface area contributed by atoms with E-state index in [1.165, 1.54) is 10.5 Å². The molecular formula is C23H28N2O2. The maximum absolute atomic E-state index is 13.1. The molecule has 1 aliphatic heterocycles. The summed E-state index contributed by atoms with van der Waals surface area (Å²) in [6.07, 6.45) is 0. The Morgan fingerprint density at radius 2 is 1.56 bits per heavy atom. The number of hydrogen-bond donors (Lipinski definition) is 1. The van der Waals surface area contributed by atoms with Crippen molar-refractivity contribution in [3.63, 3.8) is 0 Å². The normalized spacial score (nSPS) is 20.1. The van der Waals surface area contributed by atoms with Crippen LogP contribution in [0, 0.1) is 13.8 Å². The molecule has 1 saturated heterocycles. The summed E-state index contributed by atoms with van der Waals surface area (Å²) in [4.78, 5) is 27.1. The topological polar surface area (TPSA) is 49.4 Å². The summed E-state index contributed by atoms with van der Waals surface area (Å²) >= 11 is 0. The highest BCUT2D eigenvalue weighted by atomic mass is 16.2. The van der Waals surface area contributed by atoms with Crippen molar-refractivity contribution in [3.05, 3.63) is 70.3 Å². The monoisotopic (exact) mass is 364 g/mol. The quantitative estimate of drug-likeness (QED) is 0.811. The molecule has 4 heteroatoms. The molecule has 0 spiro atoms. The molecule has 3 amide bonds. The van der Waals surface area contributed by atoms with E-state index in [4.69, 9.17) is 0 Å². The summed E-state index contributed by atoms with van der Waals surface area (Å²) in [5.74, 6) is -0.211. The molecule has 1 atom stereocenters. The highest BCUT2D eigenvalue weighted by Gasteiger charge is 2.48. The van der Waals surface area contributed by atoms with Gasteiger partial charge in [-0.25, -0.2) is 4.79 Å². The number of benzene rings is 2. The van der Waals surface area contributed by atoms with Crippen molar-refractivity contribution in [3.8, 4) is 0 Å². The number of carbonyl (C=O) groups excluding carboxylic acids is 2. The van der Waals surface area contributed by atoms with Gasteiger partial charge in [0.1, 0.15) is 5.54 Å². The maximum atomic E-state index is 13.1. The van der Waals surface area contributed by atoms with Gasteiger partial charge in [0.05, 0.1) is 6.54 Å². The van der Waals surface area contributed by atoms with Gasteiger partial charge in [-0.15, -0.1) is 0 Å². The molecule has 0 aliphatic carbocycles. The lowest BCUT2D eigenvalue weighted by molar-refractivity contribution is -0.131. The highest BCUT2D eigenvalue weighted by molar-refractivity contribution is 6.07. The van der Waals surface area contributed by atoms with Crippen LogP contribution in [0.15, 0.2) is 42.5 Å². The fourth-order valence-corrected chi connectivity index (χ4v) is 3.64. The third-order valence-corrected chi connectivity index (χ3v) is 5.50. The zero-order valence-corrected chi connectivity index (χ0v) is 17.0. The fraction of sp³-hybridized carbons (Fsp3) is 0.391. The van der Waals surface area contributed by atoms with Crippen molar-refractivity contribution in [2.45, 2.75) is 59.0 Å². The Bertz CT molecular complexity index is 873. The number of urea groups is 1. The zero-order chi connectivity index (χ0) is 20.0. The van der Waals surface area contributed by atoms with E-state index in [2.05, 4.69) is 38.2 Å². The number of rotatable bonds is 3. The molecule has 2 aromatic rings. The average molecular weight is 364 g/mol. The Morgan fingerprint density at radius 1 is 1.00 bits per heavy atom. The number of nitrogens with zero attached hydrogens (tertiary/aromatic N) is 1. The molecule has 0 aromatic heterocycles.